The van der Waals surface area contributed by atoms with E-state index in [0.29, 0.717) is 22.2 Å². The van der Waals surface area contributed by atoms with Gasteiger partial charge in [0.05, 0.1) is 22.2 Å². The maximum Gasteiger partial charge on any atom is 0.307 e. The Kier molecular flexibility index (Phi) is 3.54. The summed E-state index contributed by atoms with van der Waals surface area (Å²) in [4.78, 5) is 15.6. The van der Waals surface area contributed by atoms with E-state index in [2.05, 4.69) is 5.16 Å². The second-order valence-corrected chi connectivity index (χ2v) is 4.51. The molecular weight excluding hydrogens is 265 g/mol. The van der Waals surface area contributed by atoms with Crippen LogP contribution in [0.15, 0.2) is 23.4 Å². The molecule has 6 heteroatoms. The number of benzene rings is 1. The van der Waals surface area contributed by atoms with Gasteiger partial charge >= 0.3 is 5.97 Å². The van der Waals surface area contributed by atoms with Gasteiger partial charge < -0.3 is 9.94 Å². The van der Waals surface area contributed by atoms with Crippen molar-refractivity contribution in [2.75, 3.05) is 0 Å². The van der Waals surface area contributed by atoms with E-state index in [1.807, 2.05) is 0 Å². The first-order chi connectivity index (χ1) is 8.06. The van der Waals surface area contributed by atoms with Gasteiger partial charge in [0, 0.05) is 12.0 Å². The van der Waals surface area contributed by atoms with E-state index in [9.17, 15) is 4.79 Å². The normalized spacial score (nSPS) is 18.7. The van der Waals surface area contributed by atoms with Crippen molar-refractivity contribution in [2.24, 2.45) is 5.16 Å². The zero-order chi connectivity index (χ0) is 12.4. The average molecular weight is 274 g/mol. The molecule has 1 aliphatic rings. The summed E-state index contributed by atoms with van der Waals surface area (Å²) < 4.78 is 0. The molecule has 0 saturated carbocycles. The summed E-state index contributed by atoms with van der Waals surface area (Å²) in [7, 11) is 0. The number of hydrogen-bond acceptors (Lipinski definition) is 3. The Labute approximate surface area is 108 Å². The third-order valence-corrected chi connectivity index (χ3v) is 3.13. The predicted octanol–water partition coefficient (Wildman–Crippen LogP) is 2.96. The van der Waals surface area contributed by atoms with E-state index < -0.39 is 12.1 Å². The molecule has 1 atom stereocenters. The fourth-order valence-corrected chi connectivity index (χ4v) is 1.88. The van der Waals surface area contributed by atoms with Gasteiger partial charge in [0.1, 0.15) is 6.10 Å². The minimum Gasteiger partial charge on any atom is -0.481 e. The number of carboxylic acid groups (broad SMARTS) is 1. The van der Waals surface area contributed by atoms with Crippen LogP contribution in [0.25, 0.3) is 0 Å². The van der Waals surface area contributed by atoms with Gasteiger partial charge in [-0.05, 0) is 12.1 Å². The maximum atomic E-state index is 10.5. The van der Waals surface area contributed by atoms with Crippen LogP contribution in [0.3, 0.4) is 0 Å². The molecule has 0 aliphatic carbocycles. The van der Waals surface area contributed by atoms with Crippen molar-refractivity contribution in [3.05, 3.63) is 33.8 Å². The lowest BCUT2D eigenvalue weighted by atomic mass is 10.0. The van der Waals surface area contributed by atoms with Crippen molar-refractivity contribution >= 4 is 34.9 Å². The summed E-state index contributed by atoms with van der Waals surface area (Å²) >= 11 is 11.7. The highest BCUT2D eigenvalue weighted by Gasteiger charge is 2.24. The Morgan fingerprint density at radius 1 is 1.47 bits per heavy atom. The van der Waals surface area contributed by atoms with Gasteiger partial charge in [-0.2, -0.15) is 0 Å². The van der Waals surface area contributed by atoms with Gasteiger partial charge in [0.2, 0.25) is 0 Å². The fourth-order valence-electron chi connectivity index (χ4n) is 1.58. The number of carboxylic acids is 1. The summed E-state index contributed by atoms with van der Waals surface area (Å²) in [6.45, 7) is 0. The third-order valence-electron chi connectivity index (χ3n) is 2.39. The molecule has 0 spiro atoms. The smallest absolute Gasteiger partial charge is 0.307 e. The highest BCUT2D eigenvalue weighted by molar-refractivity contribution is 6.42. The van der Waals surface area contributed by atoms with Crippen molar-refractivity contribution in [2.45, 2.75) is 18.9 Å². The van der Waals surface area contributed by atoms with Crippen LogP contribution < -0.4 is 0 Å². The van der Waals surface area contributed by atoms with Crippen molar-refractivity contribution in [1.29, 1.82) is 0 Å². The number of rotatable bonds is 3. The molecule has 0 radical (unpaired) electrons. The average Bonchev–Trinajstić information content (AvgIpc) is 2.69. The Bertz CT molecular complexity index is 488. The first-order valence-electron chi connectivity index (χ1n) is 4.96. The van der Waals surface area contributed by atoms with E-state index >= 15 is 0 Å². The molecule has 0 amide bonds. The van der Waals surface area contributed by atoms with Gasteiger partial charge in [-0.15, -0.1) is 0 Å². The number of nitrogens with zero attached hydrogens (tertiary/aromatic N) is 1. The zero-order valence-electron chi connectivity index (χ0n) is 8.69. The van der Waals surface area contributed by atoms with Crippen LogP contribution in [0.1, 0.15) is 18.4 Å². The number of aliphatic carboxylic acids is 1. The molecule has 0 fully saturated rings. The van der Waals surface area contributed by atoms with E-state index in [1.54, 1.807) is 18.2 Å². The maximum absolute atomic E-state index is 10.5. The van der Waals surface area contributed by atoms with Gasteiger partial charge in [-0.3, -0.25) is 4.79 Å². The summed E-state index contributed by atoms with van der Waals surface area (Å²) in [5.41, 5.74) is 1.49. The Hall–Kier alpha value is -1.26. The molecule has 1 aromatic carbocycles. The molecule has 1 aliphatic heterocycles. The number of halogens is 2. The van der Waals surface area contributed by atoms with Crippen LogP contribution in [0.4, 0.5) is 0 Å². The van der Waals surface area contributed by atoms with Crippen LogP contribution in [0.5, 0.6) is 0 Å². The van der Waals surface area contributed by atoms with Gasteiger partial charge in [-0.25, -0.2) is 0 Å². The molecule has 0 bridgehead atoms. The quantitative estimate of drug-likeness (QED) is 0.921. The summed E-state index contributed by atoms with van der Waals surface area (Å²) in [5.74, 6) is -0.902. The van der Waals surface area contributed by atoms with E-state index in [0.717, 1.165) is 5.56 Å². The summed E-state index contributed by atoms with van der Waals surface area (Å²) in [6, 6.07) is 5.14. The number of hydrogen-bond donors (Lipinski definition) is 1. The van der Waals surface area contributed by atoms with Gasteiger partial charge in [0.15, 0.2) is 0 Å². The Morgan fingerprint density at radius 2 is 2.24 bits per heavy atom. The second kappa shape index (κ2) is 4.94. The highest BCUT2D eigenvalue weighted by Crippen LogP contribution is 2.26. The van der Waals surface area contributed by atoms with E-state index in [1.165, 1.54) is 0 Å². The molecule has 0 aromatic heterocycles. The van der Waals surface area contributed by atoms with Crippen LogP contribution >= 0.6 is 23.2 Å². The van der Waals surface area contributed by atoms with Crippen molar-refractivity contribution in [3.8, 4) is 0 Å². The van der Waals surface area contributed by atoms with Crippen molar-refractivity contribution in [1.82, 2.24) is 0 Å². The minimum absolute atomic E-state index is 0.0612. The first-order valence-corrected chi connectivity index (χ1v) is 5.72. The zero-order valence-corrected chi connectivity index (χ0v) is 10.2. The molecule has 17 heavy (non-hydrogen) atoms. The topological polar surface area (TPSA) is 58.9 Å². The van der Waals surface area contributed by atoms with Gasteiger partial charge in [-0.1, -0.05) is 34.4 Å². The molecule has 90 valence electrons. The molecule has 1 heterocycles. The number of oxime groups is 1. The minimum atomic E-state index is -0.902. The van der Waals surface area contributed by atoms with Crippen LogP contribution in [0.2, 0.25) is 10.0 Å². The highest BCUT2D eigenvalue weighted by atomic mass is 35.5. The van der Waals surface area contributed by atoms with E-state index in [4.69, 9.17) is 33.1 Å². The largest absolute Gasteiger partial charge is 0.481 e. The Morgan fingerprint density at radius 3 is 2.88 bits per heavy atom. The Balaban J connectivity index is 2.09. The van der Waals surface area contributed by atoms with Crippen molar-refractivity contribution in [3.63, 3.8) is 0 Å². The molecule has 0 saturated heterocycles. The lowest BCUT2D eigenvalue weighted by Gasteiger charge is -2.03. The third kappa shape index (κ3) is 2.90. The SMILES string of the molecule is O=C(O)CC1CC(c2ccc(Cl)c(Cl)c2)=NO1. The molecule has 4 nitrogen and oxygen atoms in total. The first kappa shape index (κ1) is 12.2. The van der Waals surface area contributed by atoms with Crippen LogP contribution in [0, 0.1) is 0 Å². The lowest BCUT2D eigenvalue weighted by Crippen LogP contribution is -2.13. The van der Waals surface area contributed by atoms with Crippen LogP contribution in [-0.4, -0.2) is 22.9 Å². The monoisotopic (exact) mass is 273 g/mol. The van der Waals surface area contributed by atoms with Crippen molar-refractivity contribution < 1.29 is 14.7 Å². The molecule has 1 N–H and O–H groups in total. The van der Waals surface area contributed by atoms with Gasteiger partial charge in [0.25, 0.3) is 0 Å². The molecule has 1 unspecified atom stereocenters. The molecule has 1 aromatic rings. The number of carbonyl (C=O) groups is 1. The molecular formula is C11H9Cl2NO3. The lowest BCUT2D eigenvalue weighted by molar-refractivity contribution is -0.139. The fraction of sp³-hybridized carbons (Fsp3) is 0.273. The summed E-state index contributed by atoms with van der Waals surface area (Å²) in [5, 5.41) is 13.4. The predicted molar refractivity (Wildman–Crippen MR) is 64.7 cm³/mol. The molecule has 2 rings (SSSR count). The standard InChI is InChI=1S/C11H9Cl2NO3/c12-8-2-1-6(3-9(8)13)10-4-7(17-14-10)5-11(15)16/h1-3,7H,4-5H2,(H,15,16). The summed E-state index contributed by atoms with van der Waals surface area (Å²) in [6.07, 6.45) is -0.00423. The second-order valence-electron chi connectivity index (χ2n) is 3.70. The van der Waals surface area contributed by atoms with Crippen LogP contribution in [-0.2, 0) is 9.63 Å². The van der Waals surface area contributed by atoms with E-state index in [-0.39, 0.29) is 6.42 Å².